The molecule has 2 bridgehead atoms. The summed E-state index contributed by atoms with van der Waals surface area (Å²) in [6, 6.07) is 5.60. The van der Waals surface area contributed by atoms with E-state index in [1.54, 1.807) is 6.07 Å². The van der Waals surface area contributed by atoms with Crippen LogP contribution in [0.4, 0.5) is 0 Å². The number of likely N-dealkylation sites (tertiary alicyclic amines) is 1. The molecular formula is C19H22N8O2. The van der Waals surface area contributed by atoms with Crippen molar-refractivity contribution < 1.29 is 4.79 Å². The Morgan fingerprint density at radius 3 is 2.86 bits per heavy atom. The highest BCUT2D eigenvalue weighted by Gasteiger charge is 2.41. The summed E-state index contributed by atoms with van der Waals surface area (Å²) in [5.74, 6) is 0.765. The number of fused-ring (bicyclic) bond motifs is 4. The Kier molecular flexibility index (Phi) is 4.26. The second-order valence-electron chi connectivity index (χ2n) is 7.77. The minimum absolute atomic E-state index is 0.0595. The molecule has 2 aliphatic rings. The smallest absolute Gasteiger partial charge is 0.291 e. The lowest BCUT2D eigenvalue weighted by molar-refractivity contribution is 0.0508. The van der Waals surface area contributed by atoms with E-state index in [2.05, 4.69) is 32.3 Å². The molecule has 10 nitrogen and oxygen atoms in total. The van der Waals surface area contributed by atoms with Crippen LogP contribution in [-0.2, 0) is 0 Å². The second kappa shape index (κ2) is 6.94. The maximum Gasteiger partial charge on any atom is 0.291 e. The van der Waals surface area contributed by atoms with Crippen molar-refractivity contribution in [3.63, 3.8) is 0 Å². The normalized spacial score (nSPS) is 23.1. The van der Waals surface area contributed by atoms with E-state index in [1.807, 2.05) is 21.6 Å². The van der Waals surface area contributed by atoms with Crippen molar-refractivity contribution in [3.05, 3.63) is 52.7 Å². The zero-order valence-corrected chi connectivity index (χ0v) is 16.1. The fraction of sp³-hybridized carbons (Fsp3) is 0.474. The number of hydrogen-bond acceptors (Lipinski definition) is 6. The summed E-state index contributed by atoms with van der Waals surface area (Å²) in [6.07, 6.45) is 5.88. The van der Waals surface area contributed by atoms with Gasteiger partial charge < -0.3 is 9.47 Å². The molecule has 3 aromatic rings. The van der Waals surface area contributed by atoms with E-state index in [9.17, 15) is 9.59 Å². The van der Waals surface area contributed by atoms with Crippen LogP contribution in [0.5, 0.6) is 0 Å². The molecule has 5 rings (SSSR count). The standard InChI is InChI=1S/C19H22N8O2/c1-2-4-14-12-7-13(15-5-3-6-16(28)27(14)15)9-25(8-12)18(29)17-22-19(24-23-17)26-10-20-21-11-26/h3,5-6,10-14H,2,4,7-9H2,1H3,(H,22,23,24)/t12-,13+,14-/m0/s1. The lowest BCUT2D eigenvalue weighted by atomic mass is 9.77. The average Bonchev–Trinajstić information content (AvgIpc) is 3.42. The largest absolute Gasteiger partial charge is 0.335 e. The van der Waals surface area contributed by atoms with E-state index in [0.717, 1.165) is 25.0 Å². The van der Waals surface area contributed by atoms with Crippen LogP contribution >= 0.6 is 0 Å². The van der Waals surface area contributed by atoms with Crippen LogP contribution < -0.4 is 5.56 Å². The third kappa shape index (κ3) is 2.95. The monoisotopic (exact) mass is 394 g/mol. The third-order valence-corrected chi connectivity index (χ3v) is 6.00. The Morgan fingerprint density at radius 2 is 2.07 bits per heavy atom. The number of amides is 1. The minimum atomic E-state index is -0.173. The first-order valence-electron chi connectivity index (χ1n) is 9.93. The summed E-state index contributed by atoms with van der Waals surface area (Å²) in [5.41, 5.74) is 1.09. The molecule has 5 heterocycles. The second-order valence-corrected chi connectivity index (χ2v) is 7.77. The first-order chi connectivity index (χ1) is 14.2. The molecule has 150 valence electrons. The fourth-order valence-electron chi connectivity index (χ4n) is 4.79. The van der Waals surface area contributed by atoms with E-state index < -0.39 is 0 Å². The number of carbonyl (C=O) groups excluding carboxylic acids is 1. The molecule has 0 aromatic carbocycles. The average molecular weight is 394 g/mol. The van der Waals surface area contributed by atoms with E-state index in [0.29, 0.717) is 19.0 Å². The first kappa shape index (κ1) is 17.8. The molecule has 0 radical (unpaired) electrons. The highest BCUT2D eigenvalue weighted by atomic mass is 16.2. The van der Waals surface area contributed by atoms with Crippen molar-refractivity contribution in [2.45, 2.75) is 38.1 Å². The SMILES string of the molecule is CCC[C@H]1[C@H]2C[C@H](CN(C(=O)c3nc(-n4cnnc4)n[nH]3)C2)c2cccc(=O)n21. The number of carbonyl (C=O) groups is 1. The Hall–Kier alpha value is -3.30. The number of aromatic amines is 1. The molecule has 2 aliphatic heterocycles. The predicted octanol–water partition coefficient (Wildman–Crippen LogP) is 1.15. The summed E-state index contributed by atoms with van der Waals surface area (Å²) in [5, 5.41) is 14.3. The lowest BCUT2D eigenvalue weighted by Gasteiger charge is -2.46. The molecule has 10 heteroatoms. The molecular weight excluding hydrogens is 372 g/mol. The van der Waals surface area contributed by atoms with Gasteiger partial charge in [0.2, 0.25) is 5.82 Å². The number of rotatable bonds is 4. The molecule has 0 aliphatic carbocycles. The number of aromatic nitrogens is 7. The number of nitrogens with one attached hydrogen (secondary N) is 1. The van der Waals surface area contributed by atoms with E-state index in [-0.39, 0.29) is 35.2 Å². The quantitative estimate of drug-likeness (QED) is 0.710. The number of pyridine rings is 1. The molecule has 3 aromatic heterocycles. The van der Waals surface area contributed by atoms with Crippen molar-refractivity contribution in [2.75, 3.05) is 13.1 Å². The fourth-order valence-corrected chi connectivity index (χ4v) is 4.79. The van der Waals surface area contributed by atoms with Gasteiger partial charge in [-0.2, -0.15) is 4.98 Å². The van der Waals surface area contributed by atoms with Crippen molar-refractivity contribution in [2.24, 2.45) is 5.92 Å². The molecule has 1 saturated heterocycles. The van der Waals surface area contributed by atoms with Gasteiger partial charge in [0.05, 0.1) is 0 Å². The van der Waals surface area contributed by atoms with E-state index in [4.69, 9.17) is 0 Å². The summed E-state index contributed by atoms with van der Waals surface area (Å²) < 4.78 is 3.51. The number of piperidine rings is 1. The van der Waals surface area contributed by atoms with Crippen LogP contribution in [0.2, 0.25) is 0 Å². The van der Waals surface area contributed by atoms with Crippen LogP contribution in [0.1, 0.15) is 54.5 Å². The molecule has 1 amide bonds. The van der Waals surface area contributed by atoms with Crippen molar-refractivity contribution in [1.82, 2.24) is 39.4 Å². The number of hydrogen-bond donors (Lipinski definition) is 1. The van der Waals surface area contributed by atoms with Crippen LogP contribution in [-0.4, -0.2) is 58.4 Å². The zero-order chi connectivity index (χ0) is 20.0. The van der Waals surface area contributed by atoms with Gasteiger partial charge in [0.1, 0.15) is 12.7 Å². The lowest BCUT2D eigenvalue weighted by Crippen LogP contribution is -2.51. The summed E-state index contributed by atoms with van der Waals surface area (Å²) in [7, 11) is 0. The van der Waals surface area contributed by atoms with Gasteiger partial charge in [-0.15, -0.1) is 15.3 Å². The maximum absolute atomic E-state index is 13.1. The molecule has 3 atom stereocenters. The van der Waals surface area contributed by atoms with Crippen LogP contribution in [0.25, 0.3) is 5.95 Å². The zero-order valence-electron chi connectivity index (χ0n) is 16.1. The number of nitrogens with zero attached hydrogens (tertiary/aromatic N) is 7. The summed E-state index contributed by atoms with van der Waals surface area (Å²) in [4.78, 5) is 31.9. The summed E-state index contributed by atoms with van der Waals surface area (Å²) >= 11 is 0. The van der Waals surface area contributed by atoms with Crippen LogP contribution in [0, 0.1) is 5.92 Å². The van der Waals surface area contributed by atoms with Gasteiger partial charge in [0.25, 0.3) is 17.4 Å². The van der Waals surface area contributed by atoms with Crippen molar-refractivity contribution in [1.29, 1.82) is 0 Å². The molecule has 1 fully saturated rings. The van der Waals surface area contributed by atoms with Gasteiger partial charge in [0, 0.05) is 36.8 Å². The molecule has 1 N–H and O–H groups in total. The topological polar surface area (TPSA) is 115 Å². The highest BCUT2D eigenvalue weighted by molar-refractivity contribution is 5.90. The van der Waals surface area contributed by atoms with Gasteiger partial charge in [-0.25, -0.2) is 0 Å². The van der Waals surface area contributed by atoms with Crippen LogP contribution in [0.3, 0.4) is 0 Å². The van der Waals surface area contributed by atoms with Gasteiger partial charge in [-0.1, -0.05) is 19.4 Å². The Labute approximate surface area is 166 Å². The molecule has 0 unspecified atom stereocenters. The van der Waals surface area contributed by atoms with Gasteiger partial charge in [-0.3, -0.25) is 19.3 Å². The summed E-state index contributed by atoms with van der Waals surface area (Å²) in [6.45, 7) is 3.32. The van der Waals surface area contributed by atoms with Gasteiger partial charge in [0.15, 0.2) is 0 Å². The van der Waals surface area contributed by atoms with Gasteiger partial charge >= 0.3 is 0 Å². The van der Waals surface area contributed by atoms with Crippen LogP contribution in [0.15, 0.2) is 35.6 Å². The van der Waals surface area contributed by atoms with Gasteiger partial charge in [-0.05, 0) is 24.8 Å². The minimum Gasteiger partial charge on any atom is -0.335 e. The van der Waals surface area contributed by atoms with Crippen molar-refractivity contribution in [3.8, 4) is 5.95 Å². The molecule has 29 heavy (non-hydrogen) atoms. The van der Waals surface area contributed by atoms with Crippen molar-refractivity contribution >= 4 is 5.91 Å². The predicted molar refractivity (Wildman–Crippen MR) is 103 cm³/mol. The van der Waals surface area contributed by atoms with E-state index >= 15 is 0 Å². The Bertz CT molecular complexity index is 1090. The molecule has 0 spiro atoms. The Morgan fingerprint density at radius 1 is 1.24 bits per heavy atom. The first-order valence-corrected chi connectivity index (χ1v) is 9.93. The highest BCUT2D eigenvalue weighted by Crippen LogP contribution is 2.42. The molecule has 0 saturated carbocycles. The Balaban J connectivity index is 1.44. The number of H-pyrrole nitrogens is 1. The third-order valence-electron chi connectivity index (χ3n) is 6.00. The van der Waals surface area contributed by atoms with E-state index in [1.165, 1.54) is 17.2 Å². The maximum atomic E-state index is 13.1.